The molecule has 8 heteroatoms. The predicted molar refractivity (Wildman–Crippen MR) is 159 cm³/mol. The zero-order chi connectivity index (χ0) is 30.2. The number of methoxy groups -OCH3 is 1. The van der Waals surface area contributed by atoms with Crippen molar-refractivity contribution in [3.05, 3.63) is 120 Å². The molecule has 0 unspecified atom stereocenters. The monoisotopic (exact) mass is 585 g/mol. The van der Waals surface area contributed by atoms with Crippen LogP contribution in [-0.2, 0) is 22.1 Å². The van der Waals surface area contributed by atoms with Gasteiger partial charge >= 0.3 is 12.1 Å². The molecule has 0 radical (unpaired) electrons. The second kappa shape index (κ2) is 13.4. The Kier molecular flexibility index (Phi) is 9.25. The van der Waals surface area contributed by atoms with Gasteiger partial charge in [-0.05, 0) is 84.0 Å². The number of hydrogen-bond acceptors (Lipinski definition) is 5. The van der Waals surface area contributed by atoms with E-state index in [1.54, 1.807) is 42.6 Å². The van der Waals surface area contributed by atoms with Crippen molar-refractivity contribution in [3.63, 3.8) is 0 Å². The molecular formula is C35H30F3NO4. The van der Waals surface area contributed by atoms with Crippen molar-refractivity contribution in [2.24, 2.45) is 0 Å². The minimum atomic E-state index is -4.53. The van der Waals surface area contributed by atoms with Crippen LogP contribution in [0.5, 0.6) is 17.2 Å². The van der Waals surface area contributed by atoms with Crippen molar-refractivity contribution < 1.29 is 32.2 Å². The molecule has 0 bridgehead atoms. The van der Waals surface area contributed by atoms with Crippen molar-refractivity contribution in [2.75, 3.05) is 13.7 Å². The largest absolute Gasteiger partial charge is 0.494 e. The van der Waals surface area contributed by atoms with Crippen LogP contribution in [0.4, 0.5) is 13.2 Å². The molecule has 1 heterocycles. The zero-order valence-electron chi connectivity index (χ0n) is 23.6. The SMILES string of the molecule is COC(=O)CCCCOc1ccc(Oc2cccc(-c3c(Cc4ccccc4)cnc4c(C(F)(F)F)cccc34)c2)cc1. The molecule has 5 nitrogen and oxygen atoms in total. The number of halogens is 3. The van der Waals surface area contributed by atoms with Crippen molar-refractivity contribution in [1.29, 1.82) is 0 Å². The summed E-state index contributed by atoms with van der Waals surface area (Å²) in [5.74, 6) is 1.56. The van der Waals surface area contributed by atoms with E-state index in [0.29, 0.717) is 54.1 Å². The maximum Gasteiger partial charge on any atom is 0.418 e. The highest BCUT2D eigenvalue weighted by Gasteiger charge is 2.33. The quantitative estimate of drug-likeness (QED) is 0.114. The summed E-state index contributed by atoms with van der Waals surface area (Å²) in [4.78, 5) is 15.5. The van der Waals surface area contributed by atoms with Gasteiger partial charge in [-0.3, -0.25) is 9.78 Å². The molecule has 1 aromatic heterocycles. The molecule has 0 fully saturated rings. The van der Waals surface area contributed by atoms with E-state index in [0.717, 1.165) is 29.2 Å². The number of para-hydroxylation sites is 1. The number of nitrogens with zero attached hydrogens (tertiary/aromatic N) is 1. The number of alkyl halides is 3. The van der Waals surface area contributed by atoms with E-state index in [9.17, 15) is 18.0 Å². The first-order chi connectivity index (χ1) is 20.8. The summed E-state index contributed by atoms with van der Waals surface area (Å²) in [6, 6.07) is 28.4. The highest BCUT2D eigenvalue weighted by Crippen LogP contribution is 2.40. The topological polar surface area (TPSA) is 57.7 Å². The molecule has 4 aromatic carbocycles. The first kappa shape index (κ1) is 29.6. The first-order valence-corrected chi connectivity index (χ1v) is 13.9. The van der Waals surface area contributed by atoms with E-state index in [4.69, 9.17) is 9.47 Å². The Morgan fingerprint density at radius 1 is 0.814 bits per heavy atom. The van der Waals surface area contributed by atoms with Crippen LogP contribution in [0.2, 0.25) is 0 Å². The molecule has 0 spiro atoms. The molecule has 5 rings (SSSR count). The summed E-state index contributed by atoms with van der Waals surface area (Å²) in [7, 11) is 1.37. The van der Waals surface area contributed by atoms with E-state index in [-0.39, 0.29) is 11.5 Å². The summed E-state index contributed by atoms with van der Waals surface area (Å²) in [5, 5.41) is 0.425. The number of carbonyl (C=O) groups excluding carboxylic acids is 1. The second-order valence-corrected chi connectivity index (χ2v) is 10.0. The normalized spacial score (nSPS) is 11.3. The van der Waals surface area contributed by atoms with Crippen LogP contribution in [0, 0.1) is 0 Å². The number of ether oxygens (including phenoxy) is 3. The molecule has 0 aliphatic heterocycles. The lowest BCUT2D eigenvalue weighted by atomic mass is 9.92. The van der Waals surface area contributed by atoms with E-state index >= 15 is 0 Å². The zero-order valence-corrected chi connectivity index (χ0v) is 23.6. The Morgan fingerprint density at radius 3 is 2.30 bits per heavy atom. The highest BCUT2D eigenvalue weighted by atomic mass is 19.4. The number of unbranched alkanes of at least 4 members (excludes halogenated alkanes) is 1. The standard InChI is InChI=1S/C35H30F3NO4/c1-41-32(40)15-5-6-20-42-27-16-18-28(19-17-27)43-29-12-7-11-25(22-29)33-26(21-24-9-3-2-4-10-24)23-39-34-30(33)13-8-14-31(34)35(36,37)38/h2-4,7-14,16-19,22-23H,5-6,15,20-21H2,1H3. The number of rotatable bonds is 11. The highest BCUT2D eigenvalue weighted by molar-refractivity contribution is 5.98. The van der Waals surface area contributed by atoms with Gasteiger partial charge in [-0.2, -0.15) is 13.2 Å². The maximum atomic E-state index is 13.9. The lowest BCUT2D eigenvalue weighted by Crippen LogP contribution is -2.07. The Morgan fingerprint density at radius 2 is 1.56 bits per heavy atom. The van der Waals surface area contributed by atoms with Gasteiger partial charge in [-0.25, -0.2) is 0 Å². The number of hydrogen-bond donors (Lipinski definition) is 0. The third-order valence-electron chi connectivity index (χ3n) is 6.97. The molecular weight excluding hydrogens is 555 g/mol. The Balaban J connectivity index is 1.40. The van der Waals surface area contributed by atoms with Crippen LogP contribution in [0.1, 0.15) is 36.0 Å². The molecule has 0 N–H and O–H groups in total. The van der Waals surface area contributed by atoms with Crippen molar-refractivity contribution in [3.8, 4) is 28.4 Å². The van der Waals surface area contributed by atoms with E-state index in [1.165, 1.54) is 13.2 Å². The molecule has 0 saturated heterocycles. The lowest BCUT2D eigenvalue weighted by Gasteiger charge is -2.17. The second-order valence-electron chi connectivity index (χ2n) is 10.0. The average molecular weight is 586 g/mol. The fourth-order valence-corrected chi connectivity index (χ4v) is 4.90. The van der Waals surface area contributed by atoms with Gasteiger partial charge in [0, 0.05) is 18.0 Å². The summed E-state index contributed by atoms with van der Waals surface area (Å²) < 4.78 is 58.2. The van der Waals surface area contributed by atoms with Gasteiger partial charge in [-0.1, -0.05) is 54.6 Å². The lowest BCUT2D eigenvalue weighted by molar-refractivity contribution is -0.140. The Bertz CT molecular complexity index is 1690. The van der Waals surface area contributed by atoms with Crippen LogP contribution in [0.3, 0.4) is 0 Å². The van der Waals surface area contributed by atoms with Gasteiger partial charge in [0.05, 0.1) is 24.8 Å². The van der Waals surface area contributed by atoms with Gasteiger partial charge in [0.1, 0.15) is 17.2 Å². The average Bonchev–Trinajstić information content (AvgIpc) is 3.01. The summed E-state index contributed by atoms with van der Waals surface area (Å²) in [6.45, 7) is 0.473. The number of pyridine rings is 1. The molecule has 0 aliphatic carbocycles. The maximum absolute atomic E-state index is 13.9. The number of aromatic nitrogens is 1. The minimum absolute atomic E-state index is 0.0889. The van der Waals surface area contributed by atoms with Gasteiger partial charge in [0.15, 0.2) is 0 Å². The van der Waals surface area contributed by atoms with E-state index in [1.807, 2.05) is 48.5 Å². The number of benzene rings is 4. The predicted octanol–water partition coefficient (Wildman–Crippen LogP) is 9.03. The van der Waals surface area contributed by atoms with Crippen LogP contribution >= 0.6 is 0 Å². The van der Waals surface area contributed by atoms with Crippen LogP contribution < -0.4 is 9.47 Å². The first-order valence-electron chi connectivity index (χ1n) is 13.9. The van der Waals surface area contributed by atoms with Gasteiger partial charge in [-0.15, -0.1) is 0 Å². The van der Waals surface area contributed by atoms with Crippen LogP contribution in [-0.4, -0.2) is 24.7 Å². The van der Waals surface area contributed by atoms with E-state index < -0.39 is 11.7 Å². The molecule has 0 atom stereocenters. The number of fused-ring (bicyclic) bond motifs is 1. The van der Waals surface area contributed by atoms with Crippen LogP contribution in [0.15, 0.2) is 103 Å². The molecule has 220 valence electrons. The molecule has 0 amide bonds. The molecule has 0 saturated carbocycles. The van der Waals surface area contributed by atoms with Crippen molar-refractivity contribution in [2.45, 2.75) is 31.9 Å². The minimum Gasteiger partial charge on any atom is -0.494 e. The van der Waals surface area contributed by atoms with Crippen LogP contribution in [0.25, 0.3) is 22.0 Å². The molecule has 5 aromatic rings. The van der Waals surface area contributed by atoms with Gasteiger partial charge in [0.2, 0.25) is 0 Å². The summed E-state index contributed by atoms with van der Waals surface area (Å²) >= 11 is 0. The summed E-state index contributed by atoms with van der Waals surface area (Å²) in [6.07, 6.45) is -0.721. The Labute approximate surface area is 247 Å². The number of esters is 1. The molecule has 43 heavy (non-hydrogen) atoms. The fraction of sp³-hybridized carbons (Fsp3) is 0.200. The van der Waals surface area contributed by atoms with Crippen molar-refractivity contribution >= 4 is 16.9 Å². The Hall–Kier alpha value is -4.85. The summed E-state index contributed by atoms with van der Waals surface area (Å²) in [5.41, 5.74) is 2.38. The third-order valence-corrected chi connectivity index (χ3v) is 6.97. The number of carbonyl (C=O) groups is 1. The smallest absolute Gasteiger partial charge is 0.418 e. The van der Waals surface area contributed by atoms with Gasteiger partial charge < -0.3 is 14.2 Å². The van der Waals surface area contributed by atoms with Gasteiger partial charge in [0.25, 0.3) is 0 Å². The molecule has 0 aliphatic rings. The van der Waals surface area contributed by atoms with E-state index in [2.05, 4.69) is 9.72 Å². The third kappa shape index (κ3) is 7.52. The fourth-order valence-electron chi connectivity index (χ4n) is 4.90. The van der Waals surface area contributed by atoms with Crippen molar-refractivity contribution in [1.82, 2.24) is 4.98 Å².